The molecule has 0 radical (unpaired) electrons. The van der Waals surface area contributed by atoms with Crippen LogP contribution in [0.3, 0.4) is 0 Å². The molecule has 1 saturated heterocycles. The van der Waals surface area contributed by atoms with Gasteiger partial charge in [0, 0.05) is 18.5 Å². The lowest BCUT2D eigenvalue weighted by molar-refractivity contribution is 0.151. The molecule has 1 aliphatic heterocycles. The standard InChI is InChI=1S/C28H37FN4O2/c1-19(2)14-25(28(3,4)18-30-27(35)32-13-5-6-24(32)17-34)20-7-12-26-21(15-20)16-31-33(26)23-10-8-22(29)9-11-23/h7-12,15-16,19,24-25,34H,5-6,13-14,17-18H2,1-4H3,(H,30,35)/t24-,25?/m1/s1. The third-order valence-electron chi connectivity index (χ3n) is 7.26. The van der Waals surface area contributed by atoms with E-state index < -0.39 is 0 Å². The summed E-state index contributed by atoms with van der Waals surface area (Å²) >= 11 is 0. The summed E-state index contributed by atoms with van der Waals surface area (Å²) in [7, 11) is 0. The second-order valence-electron chi connectivity index (χ2n) is 10.9. The molecule has 0 saturated carbocycles. The van der Waals surface area contributed by atoms with Crippen LogP contribution in [-0.2, 0) is 0 Å². The molecule has 3 aromatic rings. The van der Waals surface area contributed by atoms with Crippen LogP contribution in [-0.4, -0.2) is 51.6 Å². The van der Waals surface area contributed by atoms with Gasteiger partial charge in [0.2, 0.25) is 0 Å². The van der Waals surface area contributed by atoms with Gasteiger partial charge in [-0.1, -0.05) is 33.8 Å². The third-order valence-corrected chi connectivity index (χ3v) is 7.26. The van der Waals surface area contributed by atoms with Crippen molar-refractivity contribution in [3.63, 3.8) is 0 Å². The minimum atomic E-state index is -0.269. The number of aromatic nitrogens is 2. The lowest BCUT2D eigenvalue weighted by Gasteiger charge is -2.37. The van der Waals surface area contributed by atoms with Gasteiger partial charge in [-0.25, -0.2) is 13.9 Å². The highest BCUT2D eigenvalue weighted by Crippen LogP contribution is 2.41. The summed E-state index contributed by atoms with van der Waals surface area (Å²) in [6, 6.07) is 12.6. The quantitative estimate of drug-likeness (QED) is 0.448. The average molecular weight is 481 g/mol. The lowest BCUT2D eigenvalue weighted by Crippen LogP contribution is -2.47. The van der Waals surface area contributed by atoms with E-state index in [9.17, 15) is 14.3 Å². The molecule has 4 rings (SSSR count). The molecule has 2 aromatic carbocycles. The first-order chi connectivity index (χ1) is 16.7. The number of nitrogens with one attached hydrogen (secondary N) is 1. The van der Waals surface area contributed by atoms with E-state index >= 15 is 0 Å². The maximum atomic E-state index is 13.4. The van der Waals surface area contributed by atoms with E-state index in [0.717, 1.165) is 35.9 Å². The van der Waals surface area contributed by atoms with E-state index in [1.54, 1.807) is 17.0 Å². The van der Waals surface area contributed by atoms with E-state index in [0.29, 0.717) is 19.0 Å². The zero-order valence-corrected chi connectivity index (χ0v) is 21.2. The van der Waals surface area contributed by atoms with E-state index in [4.69, 9.17) is 0 Å². The normalized spacial score (nSPS) is 17.3. The maximum absolute atomic E-state index is 13.4. The molecule has 1 aliphatic rings. The van der Waals surface area contributed by atoms with Gasteiger partial charge in [0.25, 0.3) is 0 Å². The molecular formula is C28H37FN4O2. The Hall–Kier alpha value is -2.93. The molecule has 0 bridgehead atoms. The SMILES string of the molecule is CC(C)CC(c1ccc2c(cnn2-c2ccc(F)cc2)c1)C(C)(C)CNC(=O)N1CCC[C@@H]1CO. The number of carbonyl (C=O) groups excluding carboxylic acids is 1. The Kier molecular flexibility index (Phi) is 7.45. The first-order valence-corrected chi connectivity index (χ1v) is 12.6. The molecular weight excluding hydrogens is 443 g/mol. The number of carbonyl (C=O) groups is 1. The molecule has 2 N–H and O–H groups in total. The number of hydrogen-bond donors (Lipinski definition) is 2. The number of hydrogen-bond acceptors (Lipinski definition) is 3. The van der Waals surface area contributed by atoms with Gasteiger partial charge >= 0.3 is 6.03 Å². The summed E-state index contributed by atoms with van der Waals surface area (Å²) in [5.74, 6) is 0.452. The Bertz CT molecular complexity index is 1160. The Morgan fingerprint density at radius 2 is 1.97 bits per heavy atom. The van der Waals surface area contributed by atoms with Crippen molar-refractivity contribution >= 4 is 16.9 Å². The number of urea groups is 1. The molecule has 6 nitrogen and oxygen atoms in total. The molecule has 0 spiro atoms. The highest BCUT2D eigenvalue weighted by Gasteiger charge is 2.34. The topological polar surface area (TPSA) is 70.4 Å². The van der Waals surface area contributed by atoms with Gasteiger partial charge in [0.05, 0.1) is 30.0 Å². The highest BCUT2D eigenvalue weighted by molar-refractivity contribution is 5.81. The van der Waals surface area contributed by atoms with Gasteiger partial charge in [-0.3, -0.25) is 0 Å². The third kappa shape index (κ3) is 5.50. The van der Waals surface area contributed by atoms with Crippen LogP contribution in [0.2, 0.25) is 0 Å². The highest BCUT2D eigenvalue weighted by atomic mass is 19.1. The zero-order valence-electron chi connectivity index (χ0n) is 21.2. The fourth-order valence-electron chi connectivity index (χ4n) is 5.25. The number of nitrogens with zero attached hydrogens (tertiary/aromatic N) is 3. The van der Waals surface area contributed by atoms with Gasteiger partial charge in [0.1, 0.15) is 5.82 Å². The van der Waals surface area contributed by atoms with E-state index in [2.05, 4.69) is 56.3 Å². The fourth-order valence-corrected chi connectivity index (χ4v) is 5.25. The Labute approximate surface area is 207 Å². The van der Waals surface area contributed by atoms with Crippen LogP contribution in [0.15, 0.2) is 48.7 Å². The number of amides is 2. The van der Waals surface area contributed by atoms with Crippen LogP contribution in [0.5, 0.6) is 0 Å². The van der Waals surface area contributed by atoms with Crippen molar-refractivity contribution in [3.05, 3.63) is 60.0 Å². The average Bonchev–Trinajstić information content (AvgIpc) is 3.48. The van der Waals surface area contributed by atoms with Gasteiger partial charge < -0.3 is 15.3 Å². The molecule has 2 atom stereocenters. The van der Waals surface area contributed by atoms with Crippen molar-refractivity contribution in [2.75, 3.05) is 19.7 Å². The molecule has 188 valence electrons. The van der Waals surface area contributed by atoms with Crippen molar-refractivity contribution in [2.45, 2.75) is 58.9 Å². The molecule has 2 amide bonds. The number of rotatable bonds is 8. The molecule has 1 aromatic heterocycles. The van der Waals surface area contributed by atoms with E-state index in [1.165, 1.54) is 17.7 Å². The molecule has 0 aliphatic carbocycles. The smallest absolute Gasteiger partial charge is 0.317 e. The predicted molar refractivity (Wildman–Crippen MR) is 137 cm³/mol. The molecule has 35 heavy (non-hydrogen) atoms. The Balaban J connectivity index is 1.56. The van der Waals surface area contributed by atoms with Gasteiger partial charge in [-0.2, -0.15) is 5.10 Å². The van der Waals surface area contributed by atoms with Crippen molar-refractivity contribution in [2.24, 2.45) is 11.3 Å². The Morgan fingerprint density at radius 3 is 2.66 bits per heavy atom. The second-order valence-corrected chi connectivity index (χ2v) is 10.9. The number of aliphatic hydroxyl groups is 1. The summed E-state index contributed by atoms with van der Waals surface area (Å²) in [5, 5.41) is 18.3. The first kappa shape index (κ1) is 25.2. The number of benzene rings is 2. The predicted octanol–water partition coefficient (Wildman–Crippen LogP) is 5.49. The monoisotopic (exact) mass is 480 g/mol. The first-order valence-electron chi connectivity index (χ1n) is 12.6. The summed E-state index contributed by atoms with van der Waals surface area (Å²) in [6.45, 7) is 10.1. The van der Waals surface area contributed by atoms with Crippen molar-refractivity contribution < 1.29 is 14.3 Å². The minimum Gasteiger partial charge on any atom is -0.394 e. The lowest BCUT2D eigenvalue weighted by atomic mass is 9.71. The minimum absolute atomic E-state index is 0.0123. The number of likely N-dealkylation sites (tertiary alicyclic amines) is 1. The summed E-state index contributed by atoms with van der Waals surface area (Å²) < 4.78 is 15.2. The van der Waals surface area contributed by atoms with Crippen LogP contribution >= 0.6 is 0 Å². The Morgan fingerprint density at radius 1 is 1.23 bits per heavy atom. The van der Waals surface area contributed by atoms with Crippen LogP contribution in [0.25, 0.3) is 16.6 Å². The van der Waals surface area contributed by atoms with Crippen molar-refractivity contribution in [1.29, 1.82) is 0 Å². The fraction of sp³-hybridized carbons (Fsp3) is 0.500. The molecule has 1 unspecified atom stereocenters. The van der Waals surface area contributed by atoms with Crippen molar-refractivity contribution in [1.82, 2.24) is 20.0 Å². The van der Waals surface area contributed by atoms with Crippen LogP contribution in [0.4, 0.5) is 9.18 Å². The molecule has 1 fully saturated rings. The van der Waals surface area contributed by atoms with Crippen LogP contribution < -0.4 is 5.32 Å². The second kappa shape index (κ2) is 10.4. The van der Waals surface area contributed by atoms with Gasteiger partial charge in [0.15, 0.2) is 0 Å². The van der Waals surface area contributed by atoms with Gasteiger partial charge in [-0.05, 0) is 78.5 Å². The number of aliphatic hydroxyl groups excluding tert-OH is 1. The van der Waals surface area contributed by atoms with E-state index in [1.807, 2.05) is 10.9 Å². The summed E-state index contributed by atoms with van der Waals surface area (Å²) in [5.41, 5.74) is 2.83. The molecule has 2 heterocycles. The maximum Gasteiger partial charge on any atom is 0.317 e. The molecule has 7 heteroatoms. The van der Waals surface area contributed by atoms with Gasteiger partial charge in [-0.15, -0.1) is 0 Å². The summed E-state index contributed by atoms with van der Waals surface area (Å²) in [4.78, 5) is 14.6. The summed E-state index contributed by atoms with van der Waals surface area (Å²) in [6.07, 6.45) is 4.63. The van der Waals surface area contributed by atoms with E-state index in [-0.39, 0.29) is 35.8 Å². The van der Waals surface area contributed by atoms with Crippen molar-refractivity contribution in [3.8, 4) is 5.69 Å². The zero-order chi connectivity index (χ0) is 25.2. The number of fused-ring (bicyclic) bond motifs is 1. The largest absolute Gasteiger partial charge is 0.394 e. The number of halogens is 1. The van der Waals surface area contributed by atoms with Crippen LogP contribution in [0, 0.1) is 17.2 Å². The van der Waals surface area contributed by atoms with Crippen LogP contribution in [0.1, 0.15) is 58.4 Å².